The minimum Gasteiger partial charge on any atom is -0.329 e. The third-order valence-electron chi connectivity index (χ3n) is 4.54. The van der Waals surface area contributed by atoms with Crippen LogP contribution in [-0.4, -0.2) is 41.6 Å². The summed E-state index contributed by atoms with van der Waals surface area (Å²) in [6.45, 7) is 1.89. The van der Waals surface area contributed by atoms with Gasteiger partial charge in [-0.25, -0.2) is 22.0 Å². The van der Waals surface area contributed by atoms with Crippen molar-refractivity contribution in [3.8, 4) is 11.3 Å². The Balaban J connectivity index is 1.81. The molecule has 11 heteroatoms. The summed E-state index contributed by atoms with van der Waals surface area (Å²) in [4.78, 5) is 37.6. The predicted molar refractivity (Wildman–Crippen MR) is 111 cm³/mol. The first-order chi connectivity index (χ1) is 14.8. The quantitative estimate of drug-likeness (QED) is 0.573. The largest absolute Gasteiger partial charge is 0.357 e. The number of rotatable bonds is 5. The topological polar surface area (TPSA) is 108 Å². The third kappa shape index (κ3) is 4.15. The molecule has 1 aliphatic heterocycles. The number of pyridine rings is 1. The lowest BCUT2D eigenvalue weighted by Gasteiger charge is -2.10. The lowest BCUT2D eigenvalue weighted by atomic mass is 10.1. The molecule has 0 unspecified atom stereocenters. The van der Waals surface area contributed by atoms with Gasteiger partial charge in [0.05, 0.1) is 18.3 Å². The number of carbonyl (C=O) groups is 2. The van der Waals surface area contributed by atoms with Crippen molar-refractivity contribution in [3.05, 3.63) is 70.3 Å². The van der Waals surface area contributed by atoms with Gasteiger partial charge in [-0.1, -0.05) is 0 Å². The molecule has 0 aliphatic carbocycles. The van der Waals surface area contributed by atoms with E-state index in [1.807, 2.05) is 17.7 Å². The van der Waals surface area contributed by atoms with E-state index < -0.39 is 22.0 Å². The van der Waals surface area contributed by atoms with E-state index in [-0.39, 0.29) is 16.9 Å². The molecule has 9 nitrogen and oxygen atoms in total. The molecule has 4 heterocycles. The van der Waals surface area contributed by atoms with Crippen molar-refractivity contribution in [2.45, 2.75) is 18.2 Å². The van der Waals surface area contributed by atoms with Gasteiger partial charge in [0.1, 0.15) is 4.90 Å². The Kier molecular flexibility index (Phi) is 5.48. The van der Waals surface area contributed by atoms with Crippen LogP contribution in [0.25, 0.3) is 11.3 Å². The average Bonchev–Trinajstić information content (AvgIpc) is 3.31. The summed E-state index contributed by atoms with van der Waals surface area (Å²) in [5.41, 5.74) is 2.66. The lowest BCUT2D eigenvalue weighted by molar-refractivity contribution is -0.304. The molecule has 3 aromatic rings. The molecular weight excluding hydrogens is 442 g/mol. The summed E-state index contributed by atoms with van der Waals surface area (Å²) in [6, 6.07) is 4.68. The van der Waals surface area contributed by atoms with E-state index in [1.165, 1.54) is 47.0 Å². The van der Waals surface area contributed by atoms with Gasteiger partial charge in [-0.2, -0.15) is 11.3 Å². The number of aromatic nitrogens is 2. The maximum atomic E-state index is 13.3. The number of hydrogen-bond acceptors (Lipinski definition) is 9. The Morgan fingerprint density at radius 1 is 1.19 bits per heavy atom. The van der Waals surface area contributed by atoms with Gasteiger partial charge in [-0.05, 0) is 41.6 Å². The fourth-order valence-corrected chi connectivity index (χ4v) is 5.31. The van der Waals surface area contributed by atoms with Crippen molar-refractivity contribution in [2.24, 2.45) is 0 Å². The van der Waals surface area contributed by atoms with E-state index in [1.54, 1.807) is 12.1 Å². The zero-order valence-corrected chi connectivity index (χ0v) is 18.1. The standard InChI is InChI=1S/C20H17N3O6S2/c1-13-11-30-12-17(13)18-7-14(6-15-8-19(24)28-22(2)29-20(15)25)10-23(18)31(26,27)16-4-3-5-21-9-16/h3-5,7-12H,6H2,1-2H3. The molecule has 0 saturated carbocycles. The maximum absolute atomic E-state index is 13.3. The summed E-state index contributed by atoms with van der Waals surface area (Å²) < 4.78 is 27.8. The maximum Gasteiger partial charge on any atom is 0.357 e. The van der Waals surface area contributed by atoms with E-state index >= 15 is 0 Å². The molecule has 4 rings (SSSR count). The molecule has 0 atom stereocenters. The summed E-state index contributed by atoms with van der Waals surface area (Å²) >= 11 is 1.45. The van der Waals surface area contributed by atoms with Crippen molar-refractivity contribution in [2.75, 3.05) is 7.05 Å². The lowest BCUT2D eigenvalue weighted by Crippen LogP contribution is -2.23. The van der Waals surface area contributed by atoms with Crippen LogP contribution in [0.3, 0.4) is 0 Å². The van der Waals surface area contributed by atoms with Crippen LogP contribution in [0.1, 0.15) is 11.1 Å². The van der Waals surface area contributed by atoms with Gasteiger partial charge in [0.15, 0.2) is 0 Å². The molecule has 0 aromatic carbocycles. The second kappa shape index (κ2) is 8.10. The Hall–Kier alpha value is -3.28. The third-order valence-corrected chi connectivity index (χ3v) is 7.06. The molecule has 0 saturated heterocycles. The first-order valence-electron chi connectivity index (χ1n) is 9.04. The number of aryl methyl sites for hydroxylation is 1. The van der Waals surface area contributed by atoms with Crippen LogP contribution in [0, 0.1) is 6.92 Å². The van der Waals surface area contributed by atoms with E-state index in [4.69, 9.17) is 9.68 Å². The Morgan fingerprint density at radius 3 is 2.68 bits per heavy atom. The molecule has 160 valence electrons. The summed E-state index contributed by atoms with van der Waals surface area (Å²) in [6.07, 6.45) is 5.21. The Bertz CT molecular complexity index is 1290. The number of carbonyl (C=O) groups excluding carboxylic acids is 2. The molecule has 0 N–H and O–H groups in total. The second-order valence-corrected chi connectivity index (χ2v) is 9.33. The minimum absolute atomic E-state index is 0.0203. The van der Waals surface area contributed by atoms with Crippen LogP contribution < -0.4 is 0 Å². The van der Waals surface area contributed by atoms with Crippen molar-refractivity contribution in [3.63, 3.8) is 0 Å². The number of hydrogen-bond donors (Lipinski definition) is 0. The minimum atomic E-state index is -3.95. The first-order valence-corrected chi connectivity index (χ1v) is 11.4. The van der Waals surface area contributed by atoms with Crippen LogP contribution in [0.4, 0.5) is 0 Å². The van der Waals surface area contributed by atoms with Gasteiger partial charge >= 0.3 is 11.9 Å². The van der Waals surface area contributed by atoms with Crippen LogP contribution in [0.5, 0.6) is 0 Å². The highest BCUT2D eigenvalue weighted by atomic mass is 32.2. The van der Waals surface area contributed by atoms with Gasteiger partial charge in [0.2, 0.25) is 0 Å². The van der Waals surface area contributed by atoms with Crippen molar-refractivity contribution in [1.82, 2.24) is 14.2 Å². The fourth-order valence-electron chi connectivity index (χ4n) is 3.12. The van der Waals surface area contributed by atoms with Crippen molar-refractivity contribution < 1.29 is 27.7 Å². The molecule has 31 heavy (non-hydrogen) atoms. The van der Waals surface area contributed by atoms with Crippen LogP contribution >= 0.6 is 11.3 Å². The van der Waals surface area contributed by atoms with Gasteiger partial charge in [-0.3, -0.25) is 4.98 Å². The zero-order valence-electron chi connectivity index (χ0n) is 16.5. The summed E-state index contributed by atoms with van der Waals surface area (Å²) in [7, 11) is -2.67. The molecule has 0 bridgehead atoms. The summed E-state index contributed by atoms with van der Waals surface area (Å²) in [5.74, 6) is -1.52. The normalized spacial score (nSPS) is 15.2. The van der Waals surface area contributed by atoms with Crippen LogP contribution in [0.2, 0.25) is 0 Å². The number of nitrogens with zero attached hydrogens (tertiary/aromatic N) is 3. The number of thiophene rings is 1. The monoisotopic (exact) mass is 459 g/mol. The van der Waals surface area contributed by atoms with Crippen LogP contribution in [0.15, 0.2) is 64.1 Å². The van der Waals surface area contributed by atoms with Gasteiger partial charge < -0.3 is 9.68 Å². The zero-order chi connectivity index (χ0) is 22.2. The number of hydroxylamine groups is 2. The molecule has 0 radical (unpaired) electrons. The highest BCUT2D eigenvalue weighted by molar-refractivity contribution is 7.90. The van der Waals surface area contributed by atoms with Gasteiger partial charge in [0.25, 0.3) is 10.0 Å². The highest BCUT2D eigenvalue weighted by Gasteiger charge is 2.26. The Labute approximate surface area is 182 Å². The van der Waals surface area contributed by atoms with E-state index in [0.29, 0.717) is 16.5 Å². The molecule has 3 aromatic heterocycles. The van der Waals surface area contributed by atoms with Crippen LogP contribution in [-0.2, 0) is 35.7 Å². The first kappa shape index (κ1) is 21.0. The molecule has 0 fully saturated rings. The highest BCUT2D eigenvalue weighted by Crippen LogP contribution is 2.32. The molecule has 0 amide bonds. The SMILES string of the molecule is Cc1cscc1-c1cc(CC2=CC(=O)ON(C)OC2=O)cn1S(=O)(=O)c1cccnc1. The summed E-state index contributed by atoms with van der Waals surface area (Å²) in [5, 5.41) is 4.45. The second-order valence-electron chi connectivity index (χ2n) is 6.77. The predicted octanol–water partition coefficient (Wildman–Crippen LogP) is 2.49. The van der Waals surface area contributed by atoms with E-state index in [2.05, 4.69) is 4.98 Å². The van der Waals surface area contributed by atoms with E-state index in [0.717, 1.165) is 17.2 Å². The van der Waals surface area contributed by atoms with E-state index in [9.17, 15) is 18.0 Å². The average molecular weight is 460 g/mol. The molecule has 1 aliphatic rings. The molecule has 0 spiro atoms. The van der Waals surface area contributed by atoms with Crippen molar-refractivity contribution >= 4 is 33.3 Å². The fraction of sp³-hybridized carbons (Fsp3) is 0.150. The Morgan fingerprint density at radius 2 is 2.00 bits per heavy atom. The van der Waals surface area contributed by atoms with Crippen molar-refractivity contribution in [1.29, 1.82) is 0 Å². The van der Waals surface area contributed by atoms with Gasteiger partial charge in [-0.15, -0.1) is 0 Å². The molecular formula is C20H17N3O6S2. The smallest absolute Gasteiger partial charge is 0.329 e. The van der Waals surface area contributed by atoms with Gasteiger partial charge in [0, 0.05) is 47.3 Å².